The van der Waals surface area contributed by atoms with Crippen LogP contribution in [0.3, 0.4) is 0 Å². The molecule has 0 aliphatic rings. The number of carbonyl (C=O) groups is 1. The minimum atomic E-state index is -2.43. The molecule has 1 heterocycles. The number of aromatic amines is 1. The zero-order valence-electron chi connectivity index (χ0n) is 13.6. The van der Waals surface area contributed by atoms with Gasteiger partial charge in [0, 0.05) is 17.3 Å². The van der Waals surface area contributed by atoms with E-state index in [2.05, 4.69) is 0 Å². The van der Waals surface area contributed by atoms with Gasteiger partial charge in [-0.15, -0.1) is 0 Å². The van der Waals surface area contributed by atoms with Gasteiger partial charge in [-0.1, -0.05) is 0 Å². The number of nitrogens with zero attached hydrogens (tertiary/aromatic N) is 1. The highest BCUT2D eigenvalue weighted by atomic mass is 19.2. The van der Waals surface area contributed by atoms with E-state index in [1.54, 1.807) is 0 Å². The molecule has 0 aliphatic heterocycles. The highest BCUT2D eigenvalue weighted by molar-refractivity contribution is 6.09. The molecule has 1 N–H and O–H groups in total. The number of hydrogen-bond donors (Lipinski definition) is 1. The van der Waals surface area contributed by atoms with E-state index in [9.17, 15) is 40.3 Å². The summed E-state index contributed by atoms with van der Waals surface area (Å²) in [6.07, 6.45) is 0. The summed E-state index contributed by atoms with van der Waals surface area (Å²) in [5.41, 5.74) is -4.83. The van der Waals surface area contributed by atoms with Crippen molar-refractivity contribution in [2.75, 3.05) is 0 Å². The Morgan fingerprint density at radius 3 is 1.79 bits per heavy atom. The summed E-state index contributed by atoms with van der Waals surface area (Å²) in [5.74, 6) is -15.1. The predicted octanol–water partition coefficient (Wildman–Crippen LogP) is 3.68. The van der Waals surface area contributed by atoms with E-state index in [4.69, 9.17) is 0 Å². The van der Waals surface area contributed by atoms with Crippen LogP contribution < -0.4 is 5.56 Å². The van der Waals surface area contributed by atoms with Crippen LogP contribution in [0.4, 0.5) is 30.7 Å². The Hall–Kier alpha value is -3.37. The largest absolute Gasteiger partial charge is 0.294 e. The monoisotopic (exact) mass is 404 g/mol. The third-order valence-corrected chi connectivity index (χ3v) is 3.83. The van der Waals surface area contributed by atoms with Gasteiger partial charge in [-0.05, 0) is 19.1 Å². The molecule has 3 aromatic rings. The van der Waals surface area contributed by atoms with Crippen LogP contribution in [-0.4, -0.2) is 15.6 Å². The number of nitrogens with one attached hydrogen (secondary N) is 1. The van der Waals surface area contributed by atoms with Crippen molar-refractivity contribution in [2.24, 2.45) is 0 Å². The molecule has 3 rings (SSSR count). The fraction of sp³-hybridized carbons (Fsp3) is 0.0588. The highest BCUT2D eigenvalue weighted by Crippen LogP contribution is 2.25. The first-order valence-electron chi connectivity index (χ1n) is 7.38. The van der Waals surface area contributed by atoms with E-state index in [0.717, 1.165) is 6.92 Å². The second-order valence-corrected chi connectivity index (χ2v) is 5.66. The SMILES string of the molecule is Cc1[nH]n(-c2c(F)c(F)c(F)c(F)c2F)c(=O)c1C(=O)c1cc(F)cc(F)c1. The molecule has 2 aromatic carbocycles. The van der Waals surface area contributed by atoms with E-state index in [1.165, 1.54) is 0 Å². The maximum Gasteiger partial charge on any atom is 0.282 e. The molecule has 1 aromatic heterocycles. The normalized spacial score (nSPS) is 11.1. The molecule has 0 saturated carbocycles. The lowest BCUT2D eigenvalue weighted by atomic mass is 10.0. The minimum absolute atomic E-state index is 0.0471. The number of benzene rings is 2. The predicted molar refractivity (Wildman–Crippen MR) is 80.7 cm³/mol. The molecule has 11 heteroatoms. The summed E-state index contributed by atoms with van der Waals surface area (Å²) in [6.45, 7) is 1.09. The molecule has 4 nitrogen and oxygen atoms in total. The average Bonchev–Trinajstić information content (AvgIpc) is 2.91. The highest BCUT2D eigenvalue weighted by Gasteiger charge is 2.30. The van der Waals surface area contributed by atoms with Crippen molar-refractivity contribution >= 4 is 5.78 Å². The van der Waals surface area contributed by atoms with Gasteiger partial charge >= 0.3 is 0 Å². The Morgan fingerprint density at radius 1 is 0.821 bits per heavy atom. The van der Waals surface area contributed by atoms with Crippen molar-refractivity contribution in [1.29, 1.82) is 0 Å². The van der Waals surface area contributed by atoms with Crippen LogP contribution in [0.25, 0.3) is 5.69 Å². The molecule has 0 radical (unpaired) electrons. The zero-order valence-corrected chi connectivity index (χ0v) is 13.6. The Bertz CT molecular complexity index is 1150. The molecular formula is C17H7F7N2O2. The standard InChI is InChI=1S/C17H7F7N2O2/c1-5-9(16(27)6-2-7(18)4-8(19)3-6)17(28)26(25-5)15-13(23)11(21)10(20)12(22)14(15)24/h2-4,25H,1H3. The topological polar surface area (TPSA) is 54.9 Å². The number of rotatable bonds is 3. The van der Waals surface area contributed by atoms with Crippen molar-refractivity contribution in [3.05, 3.63) is 86.1 Å². The van der Waals surface area contributed by atoms with Gasteiger partial charge in [0.05, 0.1) is 0 Å². The number of ketones is 1. The summed E-state index contributed by atoms with van der Waals surface area (Å²) in [6, 6.07) is 1.69. The molecule has 0 bridgehead atoms. The number of halogens is 7. The van der Waals surface area contributed by atoms with Crippen molar-refractivity contribution in [3.8, 4) is 5.69 Å². The van der Waals surface area contributed by atoms with Gasteiger partial charge in [-0.2, -0.15) is 0 Å². The van der Waals surface area contributed by atoms with E-state index >= 15 is 0 Å². The van der Waals surface area contributed by atoms with Gasteiger partial charge in [0.15, 0.2) is 23.3 Å². The molecule has 0 spiro atoms. The van der Waals surface area contributed by atoms with Crippen LogP contribution in [-0.2, 0) is 0 Å². The quantitative estimate of drug-likeness (QED) is 0.314. The van der Waals surface area contributed by atoms with Crippen LogP contribution in [0.5, 0.6) is 0 Å². The number of aryl methyl sites for hydroxylation is 1. The summed E-state index contributed by atoms with van der Waals surface area (Å²) >= 11 is 0. The van der Waals surface area contributed by atoms with Gasteiger partial charge < -0.3 is 0 Å². The number of hydrogen-bond acceptors (Lipinski definition) is 2. The Balaban J connectivity index is 2.25. The van der Waals surface area contributed by atoms with Gasteiger partial charge in [0.25, 0.3) is 5.56 Å². The van der Waals surface area contributed by atoms with E-state index < -0.39 is 68.9 Å². The second-order valence-electron chi connectivity index (χ2n) is 5.66. The first-order chi connectivity index (χ1) is 13.0. The van der Waals surface area contributed by atoms with Gasteiger partial charge in [0.1, 0.15) is 22.9 Å². The first kappa shape index (κ1) is 19.4. The smallest absolute Gasteiger partial charge is 0.282 e. The molecule has 28 heavy (non-hydrogen) atoms. The molecule has 0 atom stereocenters. The Kier molecular flexibility index (Phi) is 4.61. The Morgan fingerprint density at radius 2 is 1.29 bits per heavy atom. The summed E-state index contributed by atoms with van der Waals surface area (Å²) in [5, 5.41) is 2.02. The van der Waals surface area contributed by atoms with Crippen LogP contribution >= 0.6 is 0 Å². The number of carbonyl (C=O) groups excluding carboxylic acids is 1. The maximum atomic E-state index is 14.0. The maximum absolute atomic E-state index is 14.0. The lowest BCUT2D eigenvalue weighted by Crippen LogP contribution is -2.24. The van der Waals surface area contributed by atoms with Crippen LogP contribution in [0.1, 0.15) is 21.6 Å². The molecule has 0 aliphatic carbocycles. The van der Waals surface area contributed by atoms with Gasteiger partial charge in [-0.3, -0.25) is 14.7 Å². The van der Waals surface area contributed by atoms with Gasteiger partial charge in [-0.25, -0.2) is 35.4 Å². The third kappa shape index (κ3) is 2.88. The average molecular weight is 404 g/mol. The number of H-pyrrole nitrogens is 1. The zero-order chi connectivity index (χ0) is 20.9. The minimum Gasteiger partial charge on any atom is -0.294 e. The molecule has 0 amide bonds. The third-order valence-electron chi connectivity index (χ3n) is 3.83. The van der Waals surface area contributed by atoms with Gasteiger partial charge in [0.2, 0.25) is 11.6 Å². The summed E-state index contributed by atoms with van der Waals surface area (Å²) in [7, 11) is 0. The second kappa shape index (κ2) is 6.66. The van der Waals surface area contributed by atoms with Crippen molar-refractivity contribution in [1.82, 2.24) is 9.78 Å². The van der Waals surface area contributed by atoms with E-state index in [1.807, 2.05) is 5.10 Å². The van der Waals surface area contributed by atoms with E-state index in [0.29, 0.717) is 18.2 Å². The Labute approximate surface area is 150 Å². The van der Waals surface area contributed by atoms with Crippen molar-refractivity contribution < 1.29 is 35.5 Å². The fourth-order valence-electron chi connectivity index (χ4n) is 2.59. The molecule has 0 unspecified atom stereocenters. The van der Waals surface area contributed by atoms with Crippen molar-refractivity contribution in [2.45, 2.75) is 6.92 Å². The lowest BCUT2D eigenvalue weighted by molar-refractivity contribution is 0.103. The molecule has 0 saturated heterocycles. The molecular weight excluding hydrogens is 397 g/mol. The van der Waals surface area contributed by atoms with Crippen LogP contribution in [0.15, 0.2) is 23.0 Å². The van der Waals surface area contributed by atoms with Crippen LogP contribution in [0.2, 0.25) is 0 Å². The van der Waals surface area contributed by atoms with Crippen LogP contribution in [0, 0.1) is 47.6 Å². The number of aromatic nitrogens is 2. The first-order valence-corrected chi connectivity index (χ1v) is 7.38. The molecule has 0 fully saturated rings. The summed E-state index contributed by atoms with van der Waals surface area (Å²) in [4.78, 5) is 24.9. The van der Waals surface area contributed by atoms with E-state index in [-0.39, 0.29) is 10.4 Å². The summed E-state index contributed by atoms with van der Waals surface area (Å²) < 4.78 is 94.4. The van der Waals surface area contributed by atoms with Crippen molar-refractivity contribution in [3.63, 3.8) is 0 Å². The molecule has 146 valence electrons. The fourth-order valence-corrected chi connectivity index (χ4v) is 2.59. The lowest BCUT2D eigenvalue weighted by Gasteiger charge is -2.08.